The highest BCUT2D eigenvalue weighted by Gasteiger charge is 2.17. The maximum Gasteiger partial charge on any atom is 0.322 e. The summed E-state index contributed by atoms with van der Waals surface area (Å²) in [5, 5.41) is 3.01. The lowest BCUT2D eigenvalue weighted by molar-refractivity contribution is 0.193. The SMILES string of the molecule is Cc1cc(C)cc(NC(=O)N(Cc2ccccc2)C(C)C)c1. The van der Waals surface area contributed by atoms with Crippen LogP contribution in [0, 0.1) is 13.8 Å². The molecule has 0 unspecified atom stereocenters. The highest BCUT2D eigenvalue weighted by Crippen LogP contribution is 2.16. The van der Waals surface area contributed by atoms with Crippen LogP contribution in [0.25, 0.3) is 0 Å². The largest absolute Gasteiger partial charge is 0.322 e. The lowest BCUT2D eigenvalue weighted by Gasteiger charge is -2.27. The normalized spacial score (nSPS) is 10.6. The number of urea groups is 1. The number of anilines is 1. The van der Waals surface area contributed by atoms with Crippen molar-refractivity contribution in [3.63, 3.8) is 0 Å². The monoisotopic (exact) mass is 296 g/mol. The van der Waals surface area contributed by atoms with Gasteiger partial charge in [0.05, 0.1) is 0 Å². The Morgan fingerprint density at radius 3 is 2.18 bits per heavy atom. The number of carbonyl (C=O) groups excluding carboxylic acids is 1. The van der Waals surface area contributed by atoms with E-state index < -0.39 is 0 Å². The Labute approximate surface area is 133 Å². The van der Waals surface area contributed by atoms with Gasteiger partial charge in [-0.25, -0.2) is 4.79 Å². The molecule has 1 N–H and O–H groups in total. The second-order valence-corrected chi connectivity index (χ2v) is 6.01. The minimum absolute atomic E-state index is 0.0659. The minimum Gasteiger partial charge on any atom is -0.318 e. The van der Waals surface area contributed by atoms with Crippen LogP contribution < -0.4 is 5.32 Å². The van der Waals surface area contributed by atoms with Gasteiger partial charge in [0.15, 0.2) is 0 Å². The predicted octanol–water partition coefficient (Wildman–Crippen LogP) is 4.75. The third-order valence-corrected chi connectivity index (χ3v) is 3.55. The van der Waals surface area contributed by atoms with E-state index in [0.29, 0.717) is 6.54 Å². The number of hydrogen-bond acceptors (Lipinski definition) is 1. The van der Waals surface area contributed by atoms with Crippen molar-refractivity contribution >= 4 is 11.7 Å². The zero-order valence-corrected chi connectivity index (χ0v) is 13.8. The molecule has 2 amide bonds. The van der Waals surface area contributed by atoms with Crippen molar-refractivity contribution in [2.24, 2.45) is 0 Å². The lowest BCUT2D eigenvalue weighted by Crippen LogP contribution is -2.39. The van der Waals surface area contributed by atoms with E-state index in [1.807, 2.05) is 75.1 Å². The van der Waals surface area contributed by atoms with Gasteiger partial charge in [0.1, 0.15) is 0 Å². The molecule has 2 rings (SSSR count). The molecule has 0 heterocycles. The molecule has 116 valence electrons. The first-order valence-electron chi connectivity index (χ1n) is 7.65. The van der Waals surface area contributed by atoms with Crippen LogP contribution in [0.15, 0.2) is 48.5 Å². The molecule has 2 aromatic rings. The average Bonchev–Trinajstić information content (AvgIpc) is 2.44. The zero-order chi connectivity index (χ0) is 16.1. The molecule has 0 aliphatic rings. The van der Waals surface area contributed by atoms with Crippen molar-refractivity contribution in [2.75, 3.05) is 5.32 Å². The molecule has 0 spiro atoms. The number of hydrogen-bond donors (Lipinski definition) is 1. The summed E-state index contributed by atoms with van der Waals surface area (Å²) in [6.45, 7) is 8.74. The van der Waals surface area contributed by atoms with E-state index in [1.165, 1.54) is 0 Å². The van der Waals surface area contributed by atoms with Gasteiger partial charge < -0.3 is 10.2 Å². The van der Waals surface area contributed by atoms with E-state index in [1.54, 1.807) is 0 Å². The summed E-state index contributed by atoms with van der Waals surface area (Å²) in [7, 11) is 0. The molecule has 22 heavy (non-hydrogen) atoms. The fraction of sp³-hybridized carbons (Fsp3) is 0.316. The van der Waals surface area contributed by atoms with Crippen LogP contribution in [-0.2, 0) is 6.54 Å². The van der Waals surface area contributed by atoms with Gasteiger partial charge in [0.25, 0.3) is 0 Å². The number of amides is 2. The molecule has 0 aliphatic heterocycles. The van der Waals surface area contributed by atoms with E-state index in [0.717, 1.165) is 22.4 Å². The van der Waals surface area contributed by atoms with Crippen molar-refractivity contribution in [3.8, 4) is 0 Å². The number of rotatable bonds is 4. The maximum atomic E-state index is 12.6. The van der Waals surface area contributed by atoms with Crippen LogP contribution in [0.2, 0.25) is 0 Å². The smallest absolute Gasteiger partial charge is 0.318 e. The summed E-state index contributed by atoms with van der Waals surface area (Å²) in [5.41, 5.74) is 4.27. The molecule has 0 fully saturated rings. The summed E-state index contributed by atoms with van der Waals surface area (Å²) >= 11 is 0. The van der Waals surface area contributed by atoms with E-state index in [9.17, 15) is 4.79 Å². The second-order valence-electron chi connectivity index (χ2n) is 6.01. The van der Waals surface area contributed by atoms with Gasteiger partial charge in [-0.1, -0.05) is 36.4 Å². The van der Waals surface area contributed by atoms with Gasteiger partial charge in [-0.2, -0.15) is 0 Å². The van der Waals surface area contributed by atoms with Gasteiger partial charge in [-0.3, -0.25) is 0 Å². The molecule has 0 aromatic heterocycles. The number of nitrogens with zero attached hydrogens (tertiary/aromatic N) is 1. The zero-order valence-electron chi connectivity index (χ0n) is 13.8. The second kappa shape index (κ2) is 7.12. The van der Waals surface area contributed by atoms with E-state index >= 15 is 0 Å². The molecule has 0 atom stereocenters. The van der Waals surface area contributed by atoms with Crippen LogP contribution in [0.1, 0.15) is 30.5 Å². The number of benzene rings is 2. The van der Waals surface area contributed by atoms with Crippen molar-refractivity contribution in [3.05, 3.63) is 65.2 Å². The predicted molar refractivity (Wildman–Crippen MR) is 92.1 cm³/mol. The summed E-state index contributed by atoms with van der Waals surface area (Å²) in [6, 6.07) is 16.2. The molecule has 0 saturated heterocycles. The van der Waals surface area contributed by atoms with Crippen molar-refractivity contribution in [2.45, 2.75) is 40.3 Å². The topological polar surface area (TPSA) is 32.3 Å². The summed E-state index contributed by atoms with van der Waals surface area (Å²) in [6.07, 6.45) is 0. The molecular weight excluding hydrogens is 272 g/mol. The van der Waals surface area contributed by atoms with Crippen molar-refractivity contribution in [1.82, 2.24) is 4.90 Å². The molecule has 0 aliphatic carbocycles. The first-order valence-corrected chi connectivity index (χ1v) is 7.65. The Bertz CT molecular complexity index is 615. The van der Waals surface area contributed by atoms with Crippen molar-refractivity contribution < 1.29 is 4.79 Å². The van der Waals surface area contributed by atoms with Gasteiger partial charge >= 0.3 is 6.03 Å². The van der Waals surface area contributed by atoms with Crippen LogP contribution in [-0.4, -0.2) is 17.0 Å². The Morgan fingerprint density at radius 1 is 1.05 bits per heavy atom. The fourth-order valence-corrected chi connectivity index (χ4v) is 2.51. The first-order chi connectivity index (χ1) is 10.5. The van der Waals surface area contributed by atoms with Crippen molar-refractivity contribution in [1.29, 1.82) is 0 Å². The average molecular weight is 296 g/mol. The van der Waals surface area contributed by atoms with Crippen LogP contribution in [0.3, 0.4) is 0 Å². The van der Waals surface area contributed by atoms with Gasteiger partial charge in [-0.15, -0.1) is 0 Å². The highest BCUT2D eigenvalue weighted by molar-refractivity contribution is 5.89. The highest BCUT2D eigenvalue weighted by atomic mass is 16.2. The molecule has 0 bridgehead atoms. The molecule has 3 nitrogen and oxygen atoms in total. The Kier molecular flexibility index (Phi) is 5.21. The minimum atomic E-state index is -0.0659. The molecule has 0 saturated carbocycles. The molecule has 0 radical (unpaired) electrons. The molecular formula is C19H24N2O. The number of aryl methyl sites for hydroxylation is 2. The number of carbonyl (C=O) groups is 1. The van der Waals surface area contributed by atoms with Gasteiger partial charge in [0, 0.05) is 18.3 Å². The summed E-state index contributed by atoms with van der Waals surface area (Å²) in [5.74, 6) is 0. The first kappa shape index (κ1) is 16.1. The van der Waals surface area contributed by atoms with Crippen LogP contribution in [0.5, 0.6) is 0 Å². The van der Waals surface area contributed by atoms with E-state index in [-0.39, 0.29) is 12.1 Å². The molecule has 3 heteroatoms. The standard InChI is InChI=1S/C19H24N2O/c1-14(2)21(13-17-8-6-5-7-9-17)19(22)20-18-11-15(3)10-16(4)12-18/h5-12,14H,13H2,1-4H3,(H,20,22). The van der Waals surface area contributed by atoms with Gasteiger partial charge in [0.2, 0.25) is 0 Å². The maximum absolute atomic E-state index is 12.6. The Hall–Kier alpha value is -2.29. The van der Waals surface area contributed by atoms with E-state index in [2.05, 4.69) is 11.4 Å². The third kappa shape index (κ3) is 4.35. The third-order valence-electron chi connectivity index (χ3n) is 3.55. The molecule has 2 aromatic carbocycles. The van der Waals surface area contributed by atoms with E-state index in [4.69, 9.17) is 0 Å². The summed E-state index contributed by atoms with van der Waals surface area (Å²) in [4.78, 5) is 14.4. The Balaban J connectivity index is 2.13. The lowest BCUT2D eigenvalue weighted by atomic mass is 10.1. The quantitative estimate of drug-likeness (QED) is 0.868. The van der Waals surface area contributed by atoms with Crippen LogP contribution >= 0.6 is 0 Å². The van der Waals surface area contributed by atoms with Crippen LogP contribution in [0.4, 0.5) is 10.5 Å². The number of nitrogens with one attached hydrogen (secondary N) is 1. The Morgan fingerprint density at radius 2 is 1.64 bits per heavy atom. The summed E-state index contributed by atoms with van der Waals surface area (Å²) < 4.78 is 0. The van der Waals surface area contributed by atoms with Gasteiger partial charge in [-0.05, 0) is 56.5 Å². The fourth-order valence-electron chi connectivity index (χ4n) is 2.51.